The zero-order chi connectivity index (χ0) is 12.6. The molecule has 1 spiro atoms. The number of hydrogen-bond acceptors (Lipinski definition) is 3. The van der Waals surface area contributed by atoms with Crippen LogP contribution in [0.15, 0.2) is 0 Å². The van der Waals surface area contributed by atoms with Gasteiger partial charge < -0.3 is 9.47 Å². The molecule has 3 fully saturated rings. The SMILES string of the molecule is CCC1(C(=O)OC2CCCCC2)OC12CCCC2. The van der Waals surface area contributed by atoms with Crippen LogP contribution in [0.25, 0.3) is 0 Å². The Hall–Kier alpha value is -0.570. The van der Waals surface area contributed by atoms with Crippen molar-refractivity contribution in [2.24, 2.45) is 0 Å². The smallest absolute Gasteiger partial charge is 0.341 e. The summed E-state index contributed by atoms with van der Waals surface area (Å²) >= 11 is 0. The van der Waals surface area contributed by atoms with E-state index in [0.29, 0.717) is 0 Å². The molecule has 3 nitrogen and oxygen atoms in total. The molecule has 0 N–H and O–H groups in total. The molecule has 0 radical (unpaired) electrons. The summed E-state index contributed by atoms with van der Waals surface area (Å²) < 4.78 is 11.7. The monoisotopic (exact) mass is 252 g/mol. The second kappa shape index (κ2) is 4.52. The van der Waals surface area contributed by atoms with E-state index in [1.165, 1.54) is 32.1 Å². The molecule has 102 valence electrons. The van der Waals surface area contributed by atoms with Crippen molar-refractivity contribution in [1.29, 1.82) is 0 Å². The topological polar surface area (TPSA) is 38.8 Å². The Bertz CT molecular complexity index is 327. The molecule has 0 bridgehead atoms. The van der Waals surface area contributed by atoms with E-state index >= 15 is 0 Å². The van der Waals surface area contributed by atoms with Gasteiger partial charge in [0.05, 0.1) is 0 Å². The molecule has 1 saturated heterocycles. The zero-order valence-electron chi connectivity index (χ0n) is 11.4. The van der Waals surface area contributed by atoms with Crippen LogP contribution in [-0.2, 0) is 14.3 Å². The molecule has 2 saturated carbocycles. The van der Waals surface area contributed by atoms with E-state index < -0.39 is 5.60 Å². The van der Waals surface area contributed by atoms with Gasteiger partial charge in [0.1, 0.15) is 11.7 Å². The van der Waals surface area contributed by atoms with Crippen molar-refractivity contribution in [2.45, 2.75) is 88.4 Å². The van der Waals surface area contributed by atoms with E-state index in [4.69, 9.17) is 9.47 Å². The maximum atomic E-state index is 12.4. The van der Waals surface area contributed by atoms with E-state index in [0.717, 1.165) is 32.1 Å². The third kappa shape index (κ3) is 1.78. The first-order valence-corrected chi connectivity index (χ1v) is 7.64. The van der Waals surface area contributed by atoms with Gasteiger partial charge in [-0.15, -0.1) is 0 Å². The number of hydrogen-bond donors (Lipinski definition) is 0. The van der Waals surface area contributed by atoms with E-state index in [2.05, 4.69) is 6.92 Å². The Labute approximate surface area is 109 Å². The van der Waals surface area contributed by atoms with Crippen molar-refractivity contribution < 1.29 is 14.3 Å². The Morgan fingerprint density at radius 3 is 2.44 bits per heavy atom. The van der Waals surface area contributed by atoms with Crippen LogP contribution in [0.4, 0.5) is 0 Å². The second-order valence-corrected chi connectivity index (χ2v) is 6.15. The van der Waals surface area contributed by atoms with Gasteiger partial charge in [0.15, 0.2) is 5.60 Å². The summed E-state index contributed by atoms with van der Waals surface area (Å²) in [6, 6.07) is 0. The summed E-state index contributed by atoms with van der Waals surface area (Å²) in [7, 11) is 0. The highest BCUT2D eigenvalue weighted by Gasteiger charge is 2.74. The third-order valence-electron chi connectivity index (χ3n) is 5.13. The minimum atomic E-state index is -0.582. The van der Waals surface area contributed by atoms with E-state index in [-0.39, 0.29) is 17.7 Å². The van der Waals surface area contributed by atoms with Crippen LogP contribution in [0.1, 0.15) is 71.1 Å². The molecule has 3 rings (SSSR count). The fourth-order valence-electron chi connectivity index (χ4n) is 3.96. The van der Waals surface area contributed by atoms with E-state index in [9.17, 15) is 4.79 Å². The summed E-state index contributed by atoms with van der Waals surface area (Å²) in [6.45, 7) is 2.05. The van der Waals surface area contributed by atoms with Crippen LogP contribution in [-0.4, -0.2) is 23.3 Å². The maximum absolute atomic E-state index is 12.4. The molecular weight excluding hydrogens is 228 g/mol. The molecule has 0 amide bonds. The third-order valence-corrected chi connectivity index (χ3v) is 5.13. The molecule has 3 aliphatic rings. The first-order valence-electron chi connectivity index (χ1n) is 7.64. The van der Waals surface area contributed by atoms with Gasteiger partial charge in [0, 0.05) is 0 Å². The zero-order valence-corrected chi connectivity index (χ0v) is 11.4. The van der Waals surface area contributed by atoms with Gasteiger partial charge in [-0.2, -0.15) is 0 Å². The first kappa shape index (κ1) is 12.5. The lowest BCUT2D eigenvalue weighted by atomic mass is 9.88. The molecule has 1 heterocycles. The van der Waals surface area contributed by atoms with Crippen LogP contribution in [0.3, 0.4) is 0 Å². The molecule has 0 aromatic heterocycles. The predicted octanol–water partition coefficient (Wildman–Crippen LogP) is 3.35. The standard InChI is InChI=1S/C15H24O3/c1-2-15(14(18-15)10-6-7-11-14)13(16)17-12-8-4-3-5-9-12/h12H,2-11H2,1H3. The highest BCUT2D eigenvalue weighted by atomic mass is 16.7. The summed E-state index contributed by atoms with van der Waals surface area (Å²) in [6.07, 6.45) is 11.1. The van der Waals surface area contributed by atoms with Crippen LogP contribution in [0.2, 0.25) is 0 Å². The van der Waals surface area contributed by atoms with E-state index in [1.807, 2.05) is 0 Å². The molecule has 1 aliphatic heterocycles. The second-order valence-electron chi connectivity index (χ2n) is 6.15. The Balaban J connectivity index is 1.64. The summed E-state index contributed by atoms with van der Waals surface area (Å²) in [5.74, 6) is -0.0706. The molecular formula is C15H24O3. The van der Waals surface area contributed by atoms with Gasteiger partial charge in [-0.05, 0) is 44.9 Å². The molecule has 18 heavy (non-hydrogen) atoms. The highest BCUT2D eigenvalue weighted by Crippen LogP contribution is 2.60. The lowest BCUT2D eigenvalue weighted by Crippen LogP contribution is -2.37. The average molecular weight is 252 g/mol. The van der Waals surface area contributed by atoms with Gasteiger partial charge in [-0.25, -0.2) is 4.79 Å². The highest BCUT2D eigenvalue weighted by molar-refractivity contribution is 5.85. The van der Waals surface area contributed by atoms with Crippen molar-refractivity contribution in [3.63, 3.8) is 0 Å². The number of ether oxygens (including phenoxy) is 2. The van der Waals surface area contributed by atoms with Crippen molar-refractivity contribution in [1.82, 2.24) is 0 Å². The average Bonchev–Trinajstić information content (AvgIpc) is 2.78. The molecule has 2 aliphatic carbocycles. The lowest BCUT2D eigenvalue weighted by Gasteiger charge is -2.24. The number of carbonyl (C=O) groups is 1. The van der Waals surface area contributed by atoms with Crippen LogP contribution >= 0.6 is 0 Å². The van der Waals surface area contributed by atoms with Gasteiger partial charge in [-0.1, -0.05) is 26.2 Å². The fraction of sp³-hybridized carbons (Fsp3) is 0.933. The van der Waals surface area contributed by atoms with Crippen molar-refractivity contribution in [2.75, 3.05) is 0 Å². The van der Waals surface area contributed by atoms with Gasteiger partial charge >= 0.3 is 5.97 Å². The van der Waals surface area contributed by atoms with Crippen LogP contribution < -0.4 is 0 Å². The van der Waals surface area contributed by atoms with Crippen LogP contribution in [0, 0.1) is 0 Å². The minimum absolute atomic E-state index is 0.0706. The molecule has 0 aromatic carbocycles. The lowest BCUT2D eigenvalue weighted by molar-refractivity contribution is -0.157. The molecule has 1 unspecified atom stereocenters. The minimum Gasteiger partial charge on any atom is -0.460 e. The number of esters is 1. The Kier molecular flexibility index (Phi) is 3.13. The van der Waals surface area contributed by atoms with Crippen molar-refractivity contribution >= 4 is 5.97 Å². The van der Waals surface area contributed by atoms with Gasteiger partial charge in [-0.3, -0.25) is 0 Å². The summed E-state index contributed by atoms with van der Waals surface area (Å²) in [4.78, 5) is 12.4. The summed E-state index contributed by atoms with van der Waals surface area (Å²) in [5, 5.41) is 0. The van der Waals surface area contributed by atoms with E-state index in [1.54, 1.807) is 0 Å². The van der Waals surface area contributed by atoms with Crippen LogP contribution in [0.5, 0.6) is 0 Å². The van der Waals surface area contributed by atoms with Crippen molar-refractivity contribution in [3.8, 4) is 0 Å². The van der Waals surface area contributed by atoms with Crippen molar-refractivity contribution in [3.05, 3.63) is 0 Å². The van der Waals surface area contributed by atoms with Gasteiger partial charge in [0.2, 0.25) is 0 Å². The predicted molar refractivity (Wildman–Crippen MR) is 68.3 cm³/mol. The summed E-state index contributed by atoms with van der Waals surface area (Å²) in [5.41, 5.74) is -0.728. The maximum Gasteiger partial charge on any atom is 0.341 e. The fourth-order valence-corrected chi connectivity index (χ4v) is 3.96. The molecule has 3 heteroatoms. The first-order chi connectivity index (χ1) is 8.72. The number of rotatable bonds is 3. The molecule has 1 atom stereocenters. The Morgan fingerprint density at radius 1 is 1.17 bits per heavy atom. The number of epoxide rings is 1. The largest absolute Gasteiger partial charge is 0.460 e. The number of carbonyl (C=O) groups excluding carboxylic acids is 1. The quantitative estimate of drug-likeness (QED) is 0.571. The Morgan fingerprint density at radius 2 is 1.83 bits per heavy atom. The normalized spacial score (nSPS) is 34.7. The molecule has 0 aromatic rings. The van der Waals surface area contributed by atoms with Gasteiger partial charge in [0.25, 0.3) is 0 Å².